The van der Waals surface area contributed by atoms with E-state index < -0.39 is 67.4 Å². The van der Waals surface area contributed by atoms with Gasteiger partial charge in [-0.25, -0.2) is 0 Å². The number of hydrogen-bond acceptors (Lipinski definition) is 10. The summed E-state index contributed by atoms with van der Waals surface area (Å²) < 4.78 is 17.5. The van der Waals surface area contributed by atoms with Crippen molar-refractivity contribution in [3.63, 3.8) is 0 Å². The van der Waals surface area contributed by atoms with Crippen molar-refractivity contribution in [2.75, 3.05) is 13.2 Å². The van der Waals surface area contributed by atoms with Gasteiger partial charge >= 0.3 is 5.97 Å². The zero-order valence-corrected chi connectivity index (χ0v) is 42.3. The second-order valence-electron chi connectivity index (χ2n) is 19.0. The predicted octanol–water partition coefficient (Wildman–Crippen LogP) is 11.6. The fourth-order valence-corrected chi connectivity index (χ4v) is 8.34. The summed E-state index contributed by atoms with van der Waals surface area (Å²) in [6.07, 6.45) is 39.1. The molecule has 8 unspecified atom stereocenters. The van der Waals surface area contributed by atoms with Crippen molar-refractivity contribution in [2.24, 2.45) is 0 Å². The molecule has 0 saturated carbocycles. The van der Waals surface area contributed by atoms with Gasteiger partial charge in [-0.05, 0) is 77.0 Å². The van der Waals surface area contributed by atoms with Crippen molar-refractivity contribution in [1.29, 1.82) is 0 Å². The lowest BCUT2D eigenvalue weighted by molar-refractivity contribution is -0.305. The molecule has 11 nitrogen and oxygen atoms in total. The quantitative estimate of drug-likeness (QED) is 0.0196. The van der Waals surface area contributed by atoms with E-state index in [9.17, 15) is 35.1 Å². The zero-order chi connectivity index (χ0) is 48.3. The van der Waals surface area contributed by atoms with Crippen LogP contribution in [0.4, 0.5) is 0 Å². The third kappa shape index (κ3) is 32.6. The van der Waals surface area contributed by atoms with Gasteiger partial charge in [0.1, 0.15) is 24.4 Å². The molecule has 11 heteroatoms. The smallest absolute Gasteiger partial charge is 0.306 e. The van der Waals surface area contributed by atoms with E-state index in [1.165, 1.54) is 128 Å². The van der Waals surface area contributed by atoms with Crippen LogP contribution < -0.4 is 5.32 Å². The zero-order valence-electron chi connectivity index (χ0n) is 42.3. The number of carbonyl (C=O) groups is 2. The summed E-state index contributed by atoms with van der Waals surface area (Å²) in [5.74, 6) is -1.23. The molecule has 8 atom stereocenters. The SMILES string of the molecule is CCCCCCCC/C=C\CCCCC(O)C(=O)NC(COC1OC(CO)C(O)C(O)C1OC(=O)CCCCC/C=C\CCCCCCCCC)C(O)/C=C/CCCCCCCCCCC. The molecule has 6 N–H and O–H groups in total. The largest absolute Gasteiger partial charge is 0.454 e. The van der Waals surface area contributed by atoms with Crippen LogP contribution >= 0.6 is 0 Å². The Bertz CT molecular complexity index is 1210. The number of ether oxygens (including phenoxy) is 3. The van der Waals surface area contributed by atoms with Gasteiger partial charge in [0, 0.05) is 6.42 Å². The molecule has 0 aromatic rings. The summed E-state index contributed by atoms with van der Waals surface area (Å²) >= 11 is 0. The van der Waals surface area contributed by atoms with Crippen LogP contribution in [0.15, 0.2) is 36.5 Å². The van der Waals surface area contributed by atoms with Crippen LogP contribution in [0.1, 0.15) is 239 Å². The Balaban J connectivity index is 2.78. The number of aliphatic hydroxyl groups excluding tert-OH is 5. The molecule has 0 spiro atoms. The molecule has 0 radical (unpaired) electrons. The Hall–Kier alpha value is -2.12. The molecule has 1 aliphatic rings. The number of carbonyl (C=O) groups excluding carboxylic acids is 2. The molecule has 1 amide bonds. The average molecular weight is 936 g/mol. The highest BCUT2D eigenvalue weighted by atomic mass is 16.7. The Morgan fingerprint density at radius 2 is 1.00 bits per heavy atom. The van der Waals surface area contributed by atoms with Gasteiger partial charge in [-0.15, -0.1) is 0 Å². The van der Waals surface area contributed by atoms with E-state index in [0.29, 0.717) is 12.8 Å². The molecule has 386 valence electrons. The third-order valence-corrected chi connectivity index (χ3v) is 12.8. The normalized spacial score (nSPS) is 20.4. The molecule has 0 aromatic carbocycles. The van der Waals surface area contributed by atoms with E-state index in [2.05, 4.69) is 50.4 Å². The summed E-state index contributed by atoms with van der Waals surface area (Å²) in [7, 11) is 0. The average Bonchev–Trinajstić information content (AvgIpc) is 3.31. The fourth-order valence-electron chi connectivity index (χ4n) is 8.34. The second kappa shape index (κ2) is 44.1. The number of esters is 1. The van der Waals surface area contributed by atoms with Crippen LogP contribution in [0, 0.1) is 0 Å². The van der Waals surface area contributed by atoms with Gasteiger partial charge in [-0.1, -0.05) is 192 Å². The van der Waals surface area contributed by atoms with Crippen LogP contribution in [0.3, 0.4) is 0 Å². The molecule has 66 heavy (non-hydrogen) atoms. The van der Waals surface area contributed by atoms with E-state index in [1.54, 1.807) is 6.08 Å². The van der Waals surface area contributed by atoms with Gasteiger partial charge in [0.15, 0.2) is 12.4 Å². The number of aliphatic hydroxyl groups is 5. The van der Waals surface area contributed by atoms with Gasteiger partial charge in [0.2, 0.25) is 5.91 Å². The van der Waals surface area contributed by atoms with Gasteiger partial charge in [-0.2, -0.15) is 0 Å². The minimum absolute atomic E-state index is 0.103. The van der Waals surface area contributed by atoms with Gasteiger partial charge in [0.25, 0.3) is 0 Å². The van der Waals surface area contributed by atoms with Crippen molar-refractivity contribution in [2.45, 2.75) is 288 Å². The van der Waals surface area contributed by atoms with Crippen molar-refractivity contribution < 1.29 is 49.3 Å². The minimum Gasteiger partial charge on any atom is -0.454 e. The van der Waals surface area contributed by atoms with Crippen LogP contribution in [0.5, 0.6) is 0 Å². The van der Waals surface area contributed by atoms with E-state index in [4.69, 9.17) is 14.2 Å². The Morgan fingerprint density at radius 3 is 1.47 bits per heavy atom. The first kappa shape index (κ1) is 61.9. The number of allylic oxidation sites excluding steroid dienone is 5. The first-order chi connectivity index (χ1) is 32.2. The summed E-state index contributed by atoms with van der Waals surface area (Å²) in [5.41, 5.74) is 0. The number of rotatable bonds is 45. The Labute approximate surface area is 403 Å². The first-order valence-corrected chi connectivity index (χ1v) is 27.3. The number of nitrogens with one attached hydrogen (secondary N) is 1. The Morgan fingerprint density at radius 1 is 0.576 bits per heavy atom. The molecular weight excluding hydrogens is 835 g/mol. The number of hydrogen-bond donors (Lipinski definition) is 6. The molecule has 0 aromatic heterocycles. The monoisotopic (exact) mass is 936 g/mol. The molecule has 0 aliphatic carbocycles. The third-order valence-electron chi connectivity index (χ3n) is 12.8. The van der Waals surface area contributed by atoms with Gasteiger partial charge < -0.3 is 45.1 Å². The van der Waals surface area contributed by atoms with Gasteiger partial charge in [-0.3, -0.25) is 9.59 Å². The molecule has 1 fully saturated rings. The van der Waals surface area contributed by atoms with Crippen molar-refractivity contribution in [1.82, 2.24) is 5.32 Å². The van der Waals surface area contributed by atoms with E-state index in [-0.39, 0.29) is 19.4 Å². The number of unbranched alkanes of at least 4 members (excludes halogenated alkanes) is 27. The second-order valence-corrected chi connectivity index (χ2v) is 19.0. The first-order valence-electron chi connectivity index (χ1n) is 27.3. The molecule has 1 heterocycles. The van der Waals surface area contributed by atoms with E-state index in [0.717, 1.165) is 64.2 Å². The lowest BCUT2D eigenvalue weighted by atomic mass is 9.99. The number of amides is 1. The highest BCUT2D eigenvalue weighted by Gasteiger charge is 2.47. The maximum Gasteiger partial charge on any atom is 0.306 e. The summed E-state index contributed by atoms with van der Waals surface area (Å²) in [4.78, 5) is 26.3. The van der Waals surface area contributed by atoms with Crippen LogP contribution in [-0.2, 0) is 23.8 Å². The van der Waals surface area contributed by atoms with E-state index >= 15 is 0 Å². The summed E-state index contributed by atoms with van der Waals surface area (Å²) in [6.45, 7) is 5.72. The maximum absolute atomic E-state index is 13.3. The molecule has 0 bridgehead atoms. The summed E-state index contributed by atoms with van der Waals surface area (Å²) in [5, 5.41) is 56.6. The predicted molar refractivity (Wildman–Crippen MR) is 269 cm³/mol. The van der Waals surface area contributed by atoms with Gasteiger partial charge in [0.05, 0.1) is 25.4 Å². The minimum atomic E-state index is -1.62. The van der Waals surface area contributed by atoms with Crippen LogP contribution in [0.25, 0.3) is 0 Å². The topological polar surface area (TPSA) is 175 Å². The maximum atomic E-state index is 13.3. The lowest BCUT2D eigenvalue weighted by Gasteiger charge is -2.41. The van der Waals surface area contributed by atoms with Crippen molar-refractivity contribution in [3.05, 3.63) is 36.5 Å². The fraction of sp³-hybridized carbons (Fsp3) is 0.855. The molecule has 1 saturated heterocycles. The van der Waals surface area contributed by atoms with Crippen LogP contribution in [0.2, 0.25) is 0 Å². The van der Waals surface area contributed by atoms with E-state index in [1.807, 2.05) is 6.08 Å². The molecular formula is C55H101NO10. The highest BCUT2D eigenvalue weighted by molar-refractivity contribution is 5.80. The lowest BCUT2D eigenvalue weighted by Crippen LogP contribution is -2.61. The highest BCUT2D eigenvalue weighted by Crippen LogP contribution is 2.26. The standard InChI is InChI=1S/C55H101NO10/c1-4-7-10-13-16-19-22-24-25-28-31-34-37-40-43-50(60)66-53-52(62)51(61)49(44-57)65-55(53)64-45-46(47(58)41-38-35-32-29-26-21-18-15-12-9-6-3)56-54(63)48(59)42-39-36-33-30-27-23-20-17-14-11-8-5-2/h25,27-28,30,38,41,46-49,51-53,55,57-59,61-62H,4-24,26,29,31-37,39-40,42-45H2,1-3H3,(H,56,63)/b28-25-,30-27-,41-38+. The van der Waals surface area contributed by atoms with Crippen LogP contribution in [-0.4, -0.2) is 99.6 Å². The molecule has 1 aliphatic heterocycles. The molecule has 1 rings (SSSR count). The van der Waals surface area contributed by atoms with Crippen molar-refractivity contribution in [3.8, 4) is 0 Å². The Kier molecular flexibility index (Phi) is 41.4. The summed E-state index contributed by atoms with van der Waals surface area (Å²) in [6, 6.07) is -1.03. The van der Waals surface area contributed by atoms with Crippen molar-refractivity contribution >= 4 is 11.9 Å².